The number of phenols is 1. The number of nitrogens with zero attached hydrogens (tertiary/aromatic N) is 2. The summed E-state index contributed by atoms with van der Waals surface area (Å²) in [6.07, 6.45) is 3.12. The van der Waals surface area contributed by atoms with Crippen LogP contribution in [0.1, 0.15) is 24.7 Å². The Morgan fingerprint density at radius 1 is 1.43 bits per heavy atom. The largest absolute Gasteiger partial charge is 0.506 e. The quantitative estimate of drug-likeness (QED) is 0.284. The molecule has 0 saturated heterocycles. The van der Waals surface area contributed by atoms with Crippen LogP contribution in [0.2, 0.25) is 0 Å². The maximum Gasteiger partial charge on any atom is 0.342 e. The molecule has 0 spiro atoms. The normalized spacial score (nSPS) is 11.7. The van der Waals surface area contributed by atoms with Crippen LogP contribution >= 0.6 is 56.9 Å². The van der Waals surface area contributed by atoms with Crippen molar-refractivity contribution in [2.75, 3.05) is 0 Å². The lowest BCUT2D eigenvalue weighted by Crippen LogP contribution is -1.98. The van der Waals surface area contributed by atoms with E-state index < -0.39 is 5.97 Å². The van der Waals surface area contributed by atoms with E-state index in [2.05, 4.69) is 37.8 Å². The molecule has 1 aromatic carbocycles. The number of aromatic hydroxyl groups is 1. The van der Waals surface area contributed by atoms with Crippen LogP contribution in [0.4, 0.5) is 0 Å². The third kappa shape index (κ3) is 5.08. The van der Waals surface area contributed by atoms with Crippen LogP contribution in [0.25, 0.3) is 6.08 Å². The van der Waals surface area contributed by atoms with Crippen LogP contribution < -0.4 is 0 Å². The van der Waals surface area contributed by atoms with Gasteiger partial charge in [0.15, 0.2) is 0 Å². The second-order valence-electron chi connectivity index (χ2n) is 4.56. The van der Waals surface area contributed by atoms with Gasteiger partial charge in [-0.1, -0.05) is 6.92 Å². The number of thioether (sulfide) groups is 1. The molecular formula is C14H13I2N3O3S. The smallest absolute Gasteiger partial charge is 0.342 e. The molecule has 6 nitrogen and oxygen atoms in total. The Labute approximate surface area is 164 Å². The summed E-state index contributed by atoms with van der Waals surface area (Å²) in [7, 11) is 0. The van der Waals surface area contributed by atoms with Crippen LogP contribution in [0, 0.1) is 7.14 Å². The van der Waals surface area contributed by atoms with Gasteiger partial charge in [-0.25, -0.2) is 9.78 Å². The monoisotopic (exact) mass is 557 g/mol. The summed E-state index contributed by atoms with van der Waals surface area (Å²) < 4.78 is 1.58. The lowest BCUT2D eigenvalue weighted by Gasteiger charge is -2.05. The van der Waals surface area contributed by atoms with Crippen LogP contribution in [0.15, 0.2) is 22.2 Å². The lowest BCUT2D eigenvalue weighted by molar-refractivity contribution is -0.131. The number of phenolic OH excluding ortho intramolecular Hbond substituents is 1. The van der Waals surface area contributed by atoms with E-state index in [1.165, 1.54) is 6.08 Å². The molecular weight excluding hydrogens is 544 g/mol. The standard InChI is InChI=1S/C14H13I2N3O3S/c1-2-3-11-17-14(19-18-11)23-10(13(21)22)5-7-4-8(15)6-9(16)12(7)20/h4-6,20H,2-3H2,1H3,(H,21,22)(H,17,18,19)/b10-5-. The third-order valence-corrected chi connectivity index (χ3v) is 5.08. The Balaban J connectivity index is 2.32. The first kappa shape index (κ1) is 18.5. The predicted molar refractivity (Wildman–Crippen MR) is 105 cm³/mol. The highest BCUT2D eigenvalue weighted by Gasteiger charge is 2.15. The van der Waals surface area contributed by atoms with E-state index in [1.54, 1.807) is 6.07 Å². The summed E-state index contributed by atoms with van der Waals surface area (Å²) >= 11 is 5.08. The van der Waals surface area contributed by atoms with Crippen molar-refractivity contribution in [3.05, 3.63) is 35.6 Å². The number of carboxylic acid groups (broad SMARTS) is 1. The zero-order valence-corrected chi connectivity index (χ0v) is 17.1. The van der Waals surface area contributed by atoms with Gasteiger partial charge in [-0.3, -0.25) is 5.10 Å². The minimum absolute atomic E-state index is 0.0418. The average Bonchev–Trinajstić information content (AvgIpc) is 2.91. The summed E-state index contributed by atoms with van der Waals surface area (Å²) in [5.74, 6) is -0.302. The highest BCUT2D eigenvalue weighted by Crippen LogP contribution is 2.32. The molecule has 0 bridgehead atoms. The number of aromatic amines is 1. The molecule has 2 aromatic rings. The minimum Gasteiger partial charge on any atom is -0.506 e. The number of hydrogen-bond donors (Lipinski definition) is 3. The molecule has 9 heteroatoms. The fourth-order valence-corrected chi connectivity index (χ4v) is 4.35. The van der Waals surface area contributed by atoms with Crippen molar-refractivity contribution >= 4 is 69.0 Å². The Kier molecular flexibility index (Phi) is 6.71. The number of hydrogen-bond acceptors (Lipinski definition) is 5. The van der Waals surface area contributed by atoms with Crippen LogP contribution in [0.5, 0.6) is 5.75 Å². The highest BCUT2D eigenvalue weighted by atomic mass is 127. The number of nitrogens with one attached hydrogen (secondary N) is 1. The number of benzene rings is 1. The van der Waals surface area contributed by atoms with Crippen molar-refractivity contribution in [2.45, 2.75) is 24.9 Å². The zero-order chi connectivity index (χ0) is 17.0. The molecule has 0 aliphatic rings. The molecule has 0 unspecified atom stereocenters. The lowest BCUT2D eigenvalue weighted by atomic mass is 10.2. The molecule has 0 saturated carbocycles. The van der Waals surface area contributed by atoms with Gasteiger partial charge in [0.1, 0.15) is 16.5 Å². The number of H-pyrrole nitrogens is 1. The fraction of sp³-hybridized carbons (Fsp3) is 0.214. The number of aliphatic carboxylic acids is 1. The summed E-state index contributed by atoms with van der Waals surface area (Å²) in [6.45, 7) is 2.03. The Bertz CT molecular complexity index is 762. The van der Waals surface area contributed by atoms with Crippen molar-refractivity contribution in [3.8, 4) is 5.75 Å². The van der Waals surface area contributed by atoms with Crippen molar-refractivity contribution in [3.63, 3.8) is 0 Å². The number of aryl methyl sites for hydroxylation is 1. The molecule has 23 heavy (non-hydrogen) atoms. The summed E-state index contributed by atoms with van der Waals surface area (Å²) in [4.78, 5) is 15.8. The van der Waals surface area contributed by atoms with Gasteiger partial charge in [-0.05, 0) is 81.6 Å². The molecule has 0 fully saturated rings. The van der Waals surface area contributed by atoms with E-state index in [9.17, 15) is 15.0 Å². The molecule has 2 rings (SSSR count). The summed E-state index contributed by atoms with van der Waals surface area (Å²) in [5, 5.41) is 26.6. The topological polar surface area (TPSA) is 99.1 Å². The molecule has 0 radical (unpaired) electrons. The Morgan fingerprint density at radius 3 is 2.83 bits per heavy atom. The molecule has 1 aromatic heterocycles. The summed E-state index contributed by atoms with van der Waals surface area (Å²) in [5.41, 5.74) is 0.454. The molecule has 3 N–H and O–H groups in total. The number of aromatic nitrogens is 3. The van der Waals surface area contributed by atoms with Gasteiger partial charge >= 0.3 is 5.97 Å². The van der Waals surface area contributed by atoms with E-state index in [-0.39, 0.29) is 10.7 Å². The Hall–Kier alpha value is -0.820. The van der Waals surface area contributed by atoms with E-state index in [0.717, 1.165) is 34.0 Å². The second-order valence-corrected chi connectivity index (χ2v) is 7.97. The molecule has 0 amide bonds. The predicted octanol–water partition coefficient (Wildman–Crippen LogP) is 3.89. The molecule has 1 heterocycles. The fourth-order valence-electron chi connectivity index (χ4n) is 1.74. The Morgan fingerprint density at radius 2 is 2.17 bits per heavy atom. The maximum absolute atomic E-state index is 11.5. The van der Waals surface area contributed by atoms with E-state index >= 15 is 0 Å². The average molecular weight is 557 g/mol. The minimum atomic E-state index is -1.09. The van der Waals surface area contributed by atoms with Gasteiger partial charge in [-0.2, -0.15) is 0 Å². The zero-order valence-electron chi connectivity index (χ0n) is 12.0. The molecule has 122 valence electrons. The van der Waals surface area contributed by atoms with E-state index in [4.69, 9.17) is 0 Å². The molecule has 0 aliphatic carbocycles. The first-order chi connectivity index (χ1) is 10.9. The number of carbonyl (C=O) groups is 1. The van der Waals surface area contributed by atoms with Crippen molar-refractivity contribution in [1.82, 2.24) is 15.2 Å². The number of carboxylic acids is 1. The van der Waals surface area contributed by atoms with Gasteiger partial charge in [0.25, 0.3) is 0 Å². The third-order valence-electron chi connectivity index (χ3n) is 2.75. The second kappa shape index (κ2) is 8.33. The first-order valence-corrected chi connectivity index (χ1v) is 9.60. The van der Waals surface area contributed by atoms with E-state index in [1.807, 2.05) is 35.6 Å². The van der Waals surface area contributed by atoms with E-state index in [0.29, 0.717) is 14.3 Å². The maximum atomic E-state index is 11.5. The van der Waals surface area contributed by atoms with Gasteiger partial charge < -0.3 is 10.2 Å². The highest BCUT2D eigenvalue weighted by molar-refractivity contribution is 14.1. The van der Waals surface area contributed by atoms with Crippen molar-refractivity contribution < 1.29 is 15.0 Å². The first-order valence-electron chi connectivity index (χ1n) is 6.62. The van der Waals surface area contributed by atoms with Crippen LogP contribution in [0.3, 0.4) is 0 Å². The van der Waals surface area contributed by atoms with Gasteiger partial charge in [-0.15, -0.1) is 5.10 Å². The van der Waals surface area contributed by atoms with Crippen LogP contribution in [-0.2, 0) is 11.2 Å². The summed E-state index contributed by atoms with van der Waals surface area (Å²) in [6, 6.07) is 3.54. The van der Waals surface area contributed by atoms with Gasteiger partial charge in [0.05, 0.1) is 3.57 Å². The van der Waals surface area contributed by atoms with Crippen LogP contribution in [-0.4, -0.2) is 31.4 Å². The number of halogens is 2. The van der Waals surface area contributed by atoms with Gasteiger partial charge in [0, 0.05) is 15.6 Å². The van der Waals surface area contributed by atoms with Crippen molar-refractivity contribution in [1.29, 1.82) is 0 Å². The molecule has 0 aliphatic heterocycles. The van der Waals surface area contributed by atoms with Gasteiger partial charge in [0.2, 0.25) is 5.16 Å². The number of rotatable bonds is 6. The SMILES string of the molecule is CCCc1nc(S/C(=C\c2cc(I)cc(I)c2O)C(=O)O)n[nH]1. The molecule has 0 atom stereocenters. The van der Waals surface area contributed by atoms with Crippen molar-refractivity contribution in [2.24, 2.45) is 0 Å².